The molecular weight excluding hydrogens is 282 g/mol. The van der Waals surface area contributed by atoms with E-state index in [2.05, 4.69) is 33.7 Å². The Labute approximate surface area is 127 Å². The summed E-state index contributed by atoms with van der Waals surface area (Å²) in [6.45, 7) is 2.09. The standard InChI is InChI=1S/C16H15N3OS/c1-11-7-9-21-15(11)14-6-8-17-16(19-14)18-12-4-3-5-13(10-12)20-2/h3-10H,1-2H3,(H,17,18,19). The van der Waals surface area contributed by atoms with E-state index >= 15 is 0 Å². The zero-order valence-electron chi connectivity index (χ0n) is 11.8. The van der Waals surface area contributed by atoms with Crippen LogP contribution in [0.5, 0.6) is 5.75 Å². The summed E-state index contributed by atoms with van der Waals surface area (Å²) in [7, 11) is 1.65. The van der Waals surface area contributed by atoms with Crippen LogP contribution in [-0.2, 0) is 0 Å². The summed E-state index contributed by atoms with van der Waals surface area (Å²) in [6, 6.07) is 11.7. The number of nitrogens with one attached hydrogen (secondary N) is 1. The van der Waals surface area contributed by atoms with Crippen molar-refractivity contribution in [1.29, 1.82) is 0 Å². The first-order valence-corrected chi connectivity index (χ1v) is 7.43. The largest absolute Gasteiger partial charge is 0.497 e. The number of methoxy groups -OCH3 is 1. The Bertz CT molecular complexity index is 755. The van der Waals surface area contributed by atoms with Crippen molar-refractivity contribution >= 4 is 23.0 Å². The molecule has 0 spiro atoms. The Balaban J connectivity index is 1.88. The Morgan fingerprint density at radius 1 is 1.19 bits per heavy atom. The van der Waals surface area contributed by atoms with Crippen molar-refractivity contribution in [1.82, 2.24) is 9.97 Å². The SMILES string of the molecule is COc1cccc(Nc2nccc(-c3sccc3C)n2)c1. The Morgan fingerprint density at radius 2 is 2.10 bits per heavy atom. The van der Waals surface area contributed by atoms with E-state index in [4.69, 9.17) is 4.74 Å². The lowest BCUT2D eigenvalue weighted by molar-refractivity contribution is 0.415. The van der Waals surface area contributed by atoms with Gasteiger partial charge in [-0.2, -0.15) is 0 Å². The predicted octanol–water partition coefficient (Wildman–Crippen LogP) is 4.27. The molecule has 4 nitrogen and oxygen atoms in total. The van der Waals surface area contributed by atoms with Crippen molar-refractivity contribution in [2.45, 2.75) is 6.92 Å². The topological polar surface area (TPSA) is 47.0 Å². The molecule has 106 valence electrons. The molecule has 0 saturated heterocycles. The molecule has 0 aliphatic rings. The van der Waals surface area contributed by atoms with Gasteiger partial charge in [0.25, 0.3) is 0 Å². The third kappa shape index (κ3) is 3.03. The molecule has 0 amide bonds. The van der Waals surface area contributed by atoms with E-state index < -0.39 is 0 Å². The molecule has 0 atom stereocenters. The minimum Gasteiger partial charge on any atom is -0.497 e. The molecule has 21 heavy (non-hydrogen) atoms. The molecule has 0 unspecified atom stereocenters. The second kappa shape index (κ2) is 5.93. The lowest BCUT2D eigenvalue weighted by atomic mass is 10.2. The average molecular weight is 297 g/mol. The molecule has 0 aliphatic heterocycles. The van der Waals surface area contributed by atoms with E-state index in [-0.39, 0.29) is 0 Å². The van der Waals surface area contributed by atoms with Crippen molar-refractivity contribution < 1.29 is 4.74 Å². The van der Waals surface area contributed by atoms with Gasteiger partial charge >= 0.3 is 0 Å². The molecule has 1 N–H and O–H groups in total. The first-order valence-electron chi connectivity index (χ1n) is 6.55. The molecule has 0 aliphatic carbocycles. The molecule has 0 saturated carbocycles. The highest BCUT2D eigenvalue weighted by molar-refractivity contribution is 7.13. The van der Waals surface area contributed by atoms with E-state index in [0.717, 1.165) is 17.1 Å². The van der Waals surface area contributed by atoms with Gasteiger partial charge in [0.15, 0.2) is 0 Å². The predicted molar refractivity (Wildman–Crippen MR) is 86.4 cm³/mol. The van der Waals surface area contributed by atoms with Crippen LogP contribution in [0.3, 0.4) is 0 Å². The molecular formula is C16H15N3OS. The van der Waals surface area contributed by atoms with Gasteiger partial charge in [-0.05, 0) is 42.1 Å². The summed E-state index contributed by atoms with van der Waals surface area (Å²) in [4.78, 5) is 10.0. The summed E-state index contributed by atoms with van der Waals surface area (Å²) in [5.74, 6) is 1.37. The second-order valence-corrected chi connectivity index (χ2v) is 5.47. The van der Waals surface area contributed by atoms with Crippen molar-refractivity contribution in [2.75, 3.05) is 12.4 Å². The fraction of sp³-hybridized carbons (Fsp3) is 0.125. The van der Waals surface area contributed by atoms with Gasteiger partial charge in [0, 0.05) is 18.0 Å². The fourth-order valence-corrected chi connectivity index (χ4v) is 2.91. The van der Waals surface area contributed by atoms with Crippen LogP contribution < -0.4 is 10.1 Å². The van der Waals surface area contributed by atoms with E-state index in [9.17, 15) is 0 Å². The normalized spacial score (nSPS) is 10.4. The van der Waals surface area contributed by atoms with Crippen molar-refractivity contribution in [3.63, 3.8) is 0 Å². The van der Waals surface area contributed by atoms with E-state index in [0.29, 0.717) is 5.95 Å². The molecule has 3 aromatic rings. The molecule has 1 aromatic carbocycles. The highest BCUT2D eigenvalue weighted by atomic mass is 32.1. The van der Waals surface area contributed by atoms with E-state index in [1.165, 1.54) is 10.4 Å². The maximum Gasteiger partial charge on any atom is 0.227 e. The summed E-state index contributed by atoms with van der Waals surface area (Å²) in [5, 5.41) is 5.27. The summed E-state index contributed by atoms with van der Waals surface area (Å²) in [5.41, 5.74) is 3.06. The highest BCUT2D eigenvalue weighted by Crippen LogP contribution is 2.28. The third-order valence-corrected chi connectivity index (χ3v) is 4.12. The van der Waals surface area contributed by atoms with Crippen LogP contribution in [0, 0.1) is 6.92 Å². The molecule has 5 heteroatoms. The van der Waals surface area contributed by atoms with E-state index in [1.54, 1.807) is 24.6 Å². The van der Waals surface area contributed by atoms with Gasteiger partial charge in [0.05, 0.1) is 17.7 Å². The number of rotatable bonds is 4. The zero-order chi connectivity index (χ0) is 14.7. The number of benzene rings is 1. The quantitative estimate of drug-likeness (QED) is 0.781. The number of aromatic nitrogens is 2. The number of hydrogen-bond donors (Lipinski definition) is 1. The number of ether oxygens (including phenoxy) is 1. The minimum atomic E-state index is 0.577. The van der Waals surface area contributed by atoms with Gasteiger partial charge in [0.2, 0.25) is 5.95 Å². The van der Waals surface area contributed by atoms with Gasteiger partial charge in [-0.3, -0.25) is 0 Å². The number of nitrogens with zero attached hydrogens (tertiary/aromatic N) is 2. The highest BCUT2D eigenvalue weighted by Gasteiger charge is 2.07. The lowest BCUT2D eigenvalue weighted by Gasteiger charge is -2.07. The van der Waals surface area contributed by atoms with Crippen molar-refractivity contribution in [2.24, 2.45) is 0 Å². The van der Waals surface area contributed by atoms with Crippen LogP contribution in [0.4, 0.5) is 11.6 Å². The van der Waals surface area contributed by atoms with Gasteiger partial charge in [-0.25, -0.2) is 9.97 Å². The summed E-state index contributed by atoms with van der Waals surface area (Å²) >= 11 is 1.69. The van der Waals surface area contributed by atoms with Gasteiger partial charge in [-0.1, -0.05) is 6.07 Å². The second-order valence-electron chi connectivity index (χ2n) is 4.56. The Kier molecular flexibility index (Phi) is 3.83. The van der Waals surface area contributed by atoms with Crippen molar-refractivity contribution in [3.8, 4) is 16.3 Å². The van der Waals surface area contributed by atoms with Gasteiger partial charge in [0.1, 0.15) is 5.75 Å². The van der Waals surface area contributed by atoms with Crippen molar-refractivity contribution in [3.05, 3.63) is 53.5 Å². The smallest absolute Gasteiger partial charge is 0.227 e. The van der Waals surface area contributed by atoms with Crippen LogP contribution in [0.25, 0.3) is 10.6 Å². The average Bonchev–Trinajstić information content (AvgIpc) is 2.94. The summed E-state index contributed by atoms with van der Waals surface area (Å²) < 4.78 is 5.21. The lowest BCUT2D eigenvalue weighted by Crippen LogP contribution is -1.98. The molecule has 0 bridgehead atoms. The number of anilines is 2. The molecule has 2 aromatic heterocycles. The van der Waals surface area contributed by atoms with Crippen LogP contribution in [0.2, 0.25) is 0 Å². The monoisotopic (exact) mass is 297 g/mol. The molecule has 0 radical (unpaired) electrons. The fourth-order valence-electron chi connectivity index (χ4n) is 2.01. The maximum atomic E-state index is 5.21. The van der Waals surface area contributed by atoms with Crippen LogP contribution in [-0.4, -0.2) is 17.1 Å². The van der Waals surface area contributed by atoms with Gasteiger partial charge in [-0.15, -0.1) is 11.3 Å². The molecule has 0 fully saturated rings. The first-order chi connectivity index (χ1) is 10.3. The number of aryl methyl sites for hydroxylation is 1. The molecule has 2 heterocycles. The third-order valence-electron chi connectivity index (χ3n) is 3.08. The van der Waals surface area contributed by atoms with Crippen LogP contribution in [0.1, 0.15) is 5.56 Å². The van der Waals surface area contributed by atoms with Crippen LogP contribution in [0.15, 0.2) is 48.0 Å². The summed E-state index contributed by atoms with van der Waals surface area (Å²) in [6.07, 6.45) is 1.77. The first kappa shape index (κ1) is 13.6. The maximum absolute atomic E-state index is 5.21. The number of hydrogen-bond acceptors (Lipinski definition) is 5. The Hall–Kier alpha value is -2.40. The van der Waals surface area contributed by atoms with Gasteiger partial charge < -0.3 is 10.1 Å². The number of thiophene rings is 1. The minimum absolute atomic E-state index is 0.577. The molecule has 3 rings (SSSR count). The Morgan fingerprint density at radius 3 is 2.86 bits per heavy atom. The zero-order valence-corrected chi connectivity index (χ0v) is 12.6. The van der Waals surface area contributed by atoms with E-state index in [1.807, 2.05) is 30.3 Å². The van der Waals surface area contributed by atoms with Crippen LogP contribution >= 0.6 is 11.3 Å².